The number of hydrogen-bond donors (Lipinski definition) is 0. The third-order valence-electron chi connectivity index (χ3n) is 2.85. The molecule has 0 aliphatic heterocycles. The summed E-state index contributed by atoms with van der Waals surface area (Å²) in [4.78, 5) is 10.5. The largest absolute Gasteiger partial charge is 0.480 e. The molecule has 20 heavy (non-hydrogen) atoms. The van der Waals surface area contributed by atoms with Gasteiger partial charge < -0.3 is 4.74 Å². The minimum atomic E-state index is -0.470. The van der Waals surface area contributed by atoms with Gasteiger partial charge in [-0.15, -0.1) is 11.6 Å². The highest BCUT2D eigenvalue weighted by Crippen LogP contribution is 2.29. The maximum atomic E-state index is 11.0. The summed E-state index contributed by atoms with van der Waals surface area (Å²) in [6.45, 7) is 2.09. The molecule has 0 N–H and O–H groups in total. The van der Waals surface area contributed by atoms with Crippen LogP contribution in [0, 0.1) is 17.0 Å². The lowest BCUT2D eigenvalue weighted by Gasteiger charge is -2.08. The summed E-state index contributed by atoms with van der Waals surface area (Å²) in [6.07, 6.45) is 0. The van der Waals surface area contributed by atoms with Gasteiger partial charge in [0.15, 0.2) is 5.75 Å². The summed E-state index contributed by atoms with van der Waals surface area (Å²) in [5.74, 6) is 0.492. The molecule has 0 unspecified atom stereocenters. The van der Waals surface area contributed by atoms with Crippen molar-refractivity contribution in [1.82, 2.24) is 9.78 Å². The lowest BCUT2D eigenvalue weighted by molar-refractivity contribution is -0.386. The number of nitro benzene ring substituents is 1. The van der Waals surface area contributed by atoms with Gasteiger partial charge in [0.1, 0.15) is 6.61 Å². The SMILES string of the molecule is Cc1cc(COc2cc(CCl)ccc2[N+](=O)[O-])n(C)n1. The van der Waals surface area contributed by atoms with Gasteiger partial charge in [-0.05, 0) is 24.6 Å². The fourth-order valence-corrected chi connectivity index (χ4v) is 2.03. The number of aromatic nitrogens is 2. The Balaban J connectivity index is 2.23. The van der Waals surface area contributed by atoms with Crippen LogP contribution in [-0.2, 0) is 19.5 Å². The lowest BCUT2D eigenvalue weighted by atomic mass is 10.2. The second-order valence-corrected chi connectivity index (χ2v) is 4.65. The van der Waals surface area contributed by atoms with Crippen molar-refractivity contribution in [2.24, 2.45) is 7.05 Å². The first-order valence-electron chi connectivity index (χ1n) is 5.97. The highest BCUT2D eigenvalue weighted by atomic mass is 35.5. The molecule has 2 rings (SSSR count). The quantitative estimate of drug-likeness (QED) is 0.483. The molecule has 106 valence electrons. The Morgan fingerprint density at radius 2 is 2.20 bits per heavy atom. The molecule has 1 heterocycles. The molecule has 1 aromatic heterocycles. The predicted molar refractivity (Wildman–Crippen MR) is 74.9 cm³/mol. The number of nitrogens with zero attached hydrogens (tertiary/aromatic N) is 3. The molecule has 0 fully saturated rings. The molecule has 0 aliphatic rings. The number of hydrogen-bond acceptors (Lipinski definition) is 4. The van der Waals surface area contributed by atoms with Crippen LogP contribution in [0.3, 0.4) is 0 Å². The van der Waals surface area contributed by atoms with E-state index in [0.29, 0.717) is 0 Å². The number of halogens is 1. The van der Waals surface area contributed by atoms with Crippen molar-refractivity contribution < 1.29 is 9.66 Å². The normalized spacial score (nSPS) is 10.6. The van der Waals surface area contributed by atoms with E-state index in [1.165, 1.54) is 6.07 Å². The minimum Gasteiger partial charge on any atom is -0.480 e. The first-order valence-corrected chi connectivity index (χ1v) is 6.50. The van der Waals surface area contributed by atoms with Crippen molar-refractivity contribution in [3.8, 4) is 5.75 Å². The van der Waals surface area contributed by atoms with Crippen LogP contribution in [0.25, 0.3) is 0 Å². The van der Waals surface area contributed by atoms with Crippen molar-refractivity contribution in [1.29, 1.82) is 0 Å². The van der Waals surface area contributed by atoms with Gasteiger partial charge in [-0.3, -0.25) is 14.8 Å². The van der Waals surface area contributed by atoms with Crippen LogP contribution in [0.1, 0.15) is 17.0 Å². The highest BCUT2D eigenvalue weighted by Gasteiger charge is 2.16. The molecular formula is C13H14ClN3O3. The van der Waals surface area contributed by atoms with Crippen LogP contribution in [0.15, 0.2) is 24.3 Å². The Kier molecular flexibility index (Phi) is 4.24. The number of alkyl halides is 1. The third-order valence-corrected chi connectivity index (χ3v) is 3.16. The summed E-state index contributed by atoms with van der Waals surface area (Å²) >= 11 is 5.74. The van der Waals surface area contributed by atoms with Crippen LogP contribution in [-0.4, -0.2) is 14.7 Å². The summed E-state index contributed by atoms with van der Waals surface area (Å²) in [5, 5.41) is 15.2. The summed E-state index contributed by atoms with van der Waals surface area (Å²) in [5.41, 5.74) is 2.41. The molecule has 0 spiro atoms. The smallest absolute Gasteiger partial charge is 0.310 e. The second-order valence-electron chi connectivity index (χ2n) is 4.38. The molecule has 7 heteroatoms. The minimum absolute atomic E-state index is 0.0715. The van der Waals surface area contributed by atoms with E-state index in [1.54, 1.807) is 23.9 Å². The van der Waals surface area contributed by atoms with Crippen LogP contribution < -0.4 is 4.74 Å². The summed E-state index contributed by atoms with van der Waals surface area (Å²) < 4.78 is 7.25. The Morgan fingerprint density at radius 1 is 1.45 bits per heavy atom. The molecule has 0 atom stereocenters. The van der Waals surface area contributed by atoms with E-state index in [9.17, 15) is 10.1 Å². The van der Waals surface area contributed by atoms with Gasteiger partial charge in [-0.1, -0.05) is 6.07 Å². The van der Waals surface area contributed by atoms with E-state index in [4.69, 9.17) is 16.3 Å². The van der Waals surface area contributed by atoms with Crippen LogP contribution >= 0.6 is 11.6 Å². The standard InChI is InChI=1S/C13H14ClN3O3/c1-9-5-11(16(2)15-9)8-20-13-6-10(7-14)3-4-12(13)17(18)19/h3-6H,7-8H2,1-2H3. The first-order chi connectivity index (χ1) is 9.51. The molecule has 0 bridgehead atoms. The molecule has 6 nitrogen and oxygen atoms in total. The molecule has 0 saturated heterocycles. The number of rotatable bonds is 5. The lowest BCUT2D eigenvalue weighted by Crippen LogP contribution is -2.04. The van der Waals surface area contributed by atoms with Crippen LogP contribution in [0.2, 0.25) is 0 Å². The van der Waals surface area contributed by atoms with Crippen molar-refractivity contribution >= 4 is 17.3 Å². The molecular weight excluding hydrogens is 282 g/mol. The van der Waals surface area contributed by atoms with E-state index < -0.39 is 4.92 Å². The average Bonchev–Trinajstić information content (AvgIpc) is 2.74. The molecule has 0 radical (unpaired) electrons. The molecule has 1 aromatic carbocycles. The Hall–Kier alpha value is -2.08. The van der Waals surface area contributed by atoms with Gasteiger partial charge in [-0.2, -0.15) is 5.10 Å². The zero-order valence-corrected chi connectivity index (χ0v) is 11.9. The molecule has 0 amide bonds. The van der Waals surface area contributed by atoms with Crippen LogP contribution in [0.5, 0.6) is 5.75 Å². The van der Waals surface area contributed by atoms with Crippen molar-refractivity contribution in [2.75, 3.05) is 0 Å². The van der Waals surface area contributed by atoms with E-state index in [-0.39, 0.29) is 23.9 Å². The van der Waals surface area contributed by atoms with E-state index >= 15 is 0 Å². The Bertz CT molecular complexity index is 640. The maximum Gasteiger partial charge on any atom is 0.310 e. The zero-order valence-electron chi connectivity index (χ0n) is 11.2. The number of nitro groups is 1. The monoisotopic (exact) mass is 295 g/mol. The fraction of sp³-hybridized carbons (Fsp3) is 0.308. The van der Waals surface area contributed by atoms with Gasteiger partial charge in [0.2, 0.25) is 0 Å². The van der Waals surface area contributed by atoms with E-state index in [0.717, 1.165) is 17.0 Å². The molecule has 0 saturated carbocycles. The fourth-order valence-electron chi connectivity index (χ4n) is 1.86. The van der Waals surface area contributed by atoms with E-state index in [2.05, 4.69) is 5.10 Å². The highest BCUT2D eigenvalue weighted by molar-refractivity contribution is 6.17. The van der Waals surface area contributed by atoms with Gasteiger partial charge >= 0.3 is 5.69 Å². The van der Waals surface area contributed by atoms with Crippen molar-refractivity contribution in [2.45, 2.75) is 19.4 Å². The third kappa shape index (κ3) is 3.08. The number of ether oxygens (including phenoxy) is 1. The second kappa shape index (κ2) is 5.92. The summed E-state index contributed by atoms with van der Waals surface area (Å²) in [7, 11) is 1.80. The van der Waals surface area contributed by atoms with Crippen LogP contribution in [0.4, 0.5) is 5.69 Å². The topological polar surface area (TPSA) is 70.2 Å². The maximum absolute atomic E-state index is 11.0. The van der Waals surface area contributed by atoms with Gasteiger partial charge in [0.25, 0.3) is 0 Å². The Labute approximate surface area is 121 Å². The van der Waals surface area contributed by atoms with Gasteiger partial charge in [0, 0.05) is 19.0 Å². The van der Waals surface area contributed by atoms with Gasteiger partial charge in [0.05, 0.1) is 16.3 Å². The van der Waals surface area contributed by atoms with Crippen molar-refractivity contribution in [3.05, 3.63) is 51.3 Å². The number of benzene rings is 1. The van der Waals surface area contributed by atoms with E-state index in [1.807, 2.05) is 13.0 Å². The number of aryl methyl sites for hydroxylation is 2. The molecule has 2 aromatic rings. The average molecular weight is 296 g/mol. The Morgan fingerprint density at radius 3 is 2.75 bits per heavy atom. The van der Waals surface area contributed by atoms with Crippen molar-refractivity contribution in [3.63, 3.8) is 0 Å². The zero-order chi connectivity index (χ0) is 14.7. The first kappa shape index (κ1) is 14.3. The predicted octanol–water partition coefficient (Wildman–Crippen LogP) is 2.95. The van der Waals surface area contributed by atoms with Gasteiger partial charge in [-0.25, -0.2) is 0 Å². The molecule has 0 aliphatic carbocycles. The summed E-state index contributed by atoms with van der Waals surface area (Å²) in [6, 6.07) is 6.49.